The SMILES string of the molecule is C#CN=C/C=C(\C)Nc1ccc(C(=O)N(C)c2ccc(Nc3ccnc4ccc(C#N)cc34)cc2)cc1. The number of terminal acetylenes is 1. The molecule has 0 atom stereocenters. The third kappa shape index (κ3) is 6.00. The summed E-state index contributed by atoms with van der Waals surface area (Å²) in [5.74, 6) is -0.121. The Bertz CT molecular complexity index is 1570. The maximum Gasteiger partial charge on any atom is 0.258 e. The van der Waals surface area contributed by atoms with Gasteiger partial charge in [-0.1, -0.05) is 6.42 Å². The van der Waals surface area contributed by atoms with Crippen molar-refractivity contribution in [1.82, 2.24) is 4.98 Å². The Balaban J connectivity index is 1.44. The van der Waals surface area contributed by atoms with E-state index in [1.807, 2.05) is 61.5 Å². The van der Waals surface area contributed by atoms with Crippen LogP contribution in [0.3, 0.4) is 0 Å². The molecule has 0 aliphatic rings. The molecule has 1 heterocycles. The van der Waals surface area contributed by atoms with E-state index in [9.17, 15) is 10.1 Å². The molecule has 0 aliphatic heterocycles. The van der Waals surface area contributed by atoms with E-state index in [0.29, 0.717) is 11.1 Å². The topological polar surface area (TPSA) is 93.4 Å². The van der Waals surface area contributed by atoms with Crippen LogP contribution in [0, 0.1) is 23.8 Å². The molecule has 1 aromatic heterocycles. The number of pyridine rings is 1. The normalized spacial score (nSPS) is 11.1. The van der Waals surface area contributed by atoms with E-state index >= 15 is 0 Å². The molecule has 7 heteroatoms. The molecule has 2 N–H and O–H groups in total. The highest BCUT2D eigenvalue weighted by Gasteiger charge is 2.14. The van der Waals surface area contributed by atoms with Gasteiger partial charge < -0.3 is 15.5 Å². The Morgan fingerprint density at radius 2 is 1.78 bits per heavy atom. The number of nitrogens with zero attached hydrogens (tertiary/aromatic N) is 4. The molecule has 180 valence electrons. The standard InChI is InChI=1S/C30H24N6O/c1-4-32-17-15-21(2)34-24-8-6-23(7-9-24)30(37)36(3)26-12-10-25(11-13-26)35-29-16-18-33-28-14-5-22(20-31)19-27(28)29/h1,5-19,34H,2-3H3,(H,33,35)/b21-15+,32-17?. The monoisotopic (exact) mass is 484 g/mol. The second-order valence-electron chi connectivity index (χ2n) is 8.20. The lowest BCUT2D eigenvalue weighted by molar-refractivity contribution is 0.0993. The maximum absolute atomic E-state index is 13.0. The molecule has 37 heavy (non-hydrogen) atoms. The zero-order valence-corrected chi connectivity index (χ0v) is 20.4. The van der Waals surface area contributed by atoms with Gasteiger partial charge in [0.05, 0.1) is 17.1 Å². The first-order valence-electron chi connectivity index (χ1n) is 11.4. The molecule has 1 amide bonds. The molecule has 3 aromatic carbocycles. The number of carbonyl (C=O) groups excluding carboxylic acids is 1. The van der Waals surface area contributed by atoms with E-state index < -0.39 is 0 Å². The number of carbonyl (C=O) groups is 1. The summed E-state index contributed by atoms with van der Waals surface area (Å²) in [6, 6.07) is 26.5. The van der Waals surface area contributed by atoms with Gasteiger partial charge >= 0.3 is 0 Å². The van der Waals surface area contributed by atoms with E-state index in [2.05, 4.69) is 32.7 Å². The smallest absolute Gasteiger partial charge is 0.258 e. The minimum Gasteiger partial charge on any atom is -0.359 e. The minimum atomic E-state index is -0.121. The second-order valence-corrected chi connectivity index (χ2v) is 8.20. The average Bonchev–Trinajstić information content (AvgIpc) is 2.93. The van der Waals surface area contributed by atoms with Gasteiger partial charge in [0.15, 0.2) is 0 Å². The molecule has 7 nitrogen and oxygen atoms in total. The predicted molar refractivity (Wildman–Crippen MR) is 150 cm³/mol. The lowest BCUT2D eigenvalue weighted by Crippen LogP contribution is -2.26. The number of hydrogen-bond acceptors (Lipinski definition) is 6. The summed E-state index contributed by atoms with van der Waals surface area (Å²) >= 11 is 0. The molecule has 0 saturated heterocycles. The first-order valence-corrected chi connectivity index (χ1v) is 11.4. The fourth-order valence-corrected chi connectivity index (χ4v) is 3.72. The number of amides is 1. The molecular weight excluding hydrogens is 460 g/mol. The van der Waals surface area contributed by atoms with Crippen LogP contribution in [0.5, 0.6) is 0 Å². The first kappa shape index (κ1) is 24.7. The Hall–Kier alpha value is -5.40. The van der Waals surface area contributed by atoms with Gasteiger partial charge in [0.1, 0.15) is 0 Å². The van der Waals surface area contributed by atoms with Crippen LogP contribution in [0.2, 0.25) is 0 Å². The second kappa shape index (κ2) is 11.4. The summed E-state index contributed by atoms with van der Waals surface area (Å²) in [6.07, 6.45) is 10.1. The Labute approximate surface area is 215 Å². The van der Waals surface area contributed by atoms with E-state index in [1.165, 1.54) is 0 Å². The highest BCUT2D eigenvalue weighted by molar-refractivity contribution is 6.06. The number of fused-ring (bicyclic) bond motifs is 1. The van der Waals surface area contributed by atoms with Crippen molar-refractivity contribution in [2.24, 2.45) is 4.99 Å². The summed E-state index contributed by atoms with van der Waals surface area (Å²) in [4.78, 5) is 22.7. The number of aliphatic imine (C=N–C) groups is 1. The lowest BCUT2D eigenvalue weighted by atomic mass is 10.1. The molecule has 0 spiro atoms. The summed E-state index contributed by atoms with van der Waals surface area (Å²) < 4.78 is 0. The van der Waals surface area contributed by atoms with Crippen LogP contribution in [-0.2, 0) is 0 Å². The highest BCUT2D eigenvalue weighted by atomic mass is 16.2. The fraction of sp³-hybridized carbons (Fsp3) is 0.0667. The van der Waals surface area contributed by atoms with Crippen LogP contribution in [0.25, 0.3) is 10.9 Å². The van der Waals surface area contributed by atoms with Crippen LogP contribution in [0.15, 0.2) is 95.8 Å². The number of hydrogen-bond donors (Lipinski definition) is 2. The van der Waals surface area contributed by atoms with Gasteiger partial charge in [-0.05, 0) is 85.8 Å². The number of rotatable bonds is 7. The van der Waals surface area contributed by atoms with Crippen LogP contribution >= 0.6 is 0 Å². The van der Waals surface area contributed by atoms with Crippen molar-refractivity contribution in [3.63, 3.8) is 0 Å². The highest BCUT2D eigenvalue weighted by Crippen LogP contribution is 2.27. The Morgan fingerprint density at radius 3 is 2.49 bits per heavy atom. The van der Waals surface area contributed by atoms with Gasteiger partial charge in [-0.2, -0.15) is 5.26 Å². The van der Waals surface area contributed by atoms with Gasteiger partial charge in [-0.15, -0.1) is 0 Å². The van der Waals surface area contributed by atoms with E-state index in [4.69, 9.17) is 6.42 Å². The summed E-state index contributed by atoms with van der Waals surface area (Å²) in [5, 5.41) is 16.7. The molecule has 4 aromatic rings. The van der Waals surface area contributed by atoms with Crippen molar-refractivity contribution in [3.05, 3.63) is 102 Å². The van der Waals surface area contributed by atoms with Crippen molar-refractivity contribution in [2.45, 2.75) is 6.92 Å². The number of aromatic nitrogens is 1. The first-order chi connectivity index (χ1) is 18.0. The summed E-state index contributed by atoms with van der Waals surface area (Å²) in [7, 11) is 1.74. The van der Waals surface area contributed by atoms with Crippen LogP contribution < -0.4 is 15.5 Å². The molecule has 0 radical (unpaired) electrons. The largest absolute Gasteiger partial charge is 0.359 e. The molecule has 0 fully saturated rings. The quantitative estimate of drug-likeness (QED) is 0.244. The van der Waals surface area contributed by atoms with Crippen molar-refractivity contribution in [3.8, 4) is 18.5 Å². The Morgan fingerprint density at radius 1 is 1.05 bits per heavy atom. The minimum absolute atomic E-state index is 0.121. The zero-order chi connectivity index (χ0) is 26.2. The summed E-state index contributed by atoms with van der Waals surface area (Å²) in [5.41, 5.74) is 6.13. The molecule has 4 rings (SSSR count). The zero-order valence-electron chi connectivity index (χ0n) is 20.4. The average molecular weight is 485 g/mol. The number of nitrogens with one attached hydrogen (secondary N) is 2. The van der Waals surface area contributed by atoms with Gasteiger partial charge in [-0.25, -0.2) is 4.99 Å². The van der Waals surface area contributed by atoms with Gasteiger partial charge in [0.25, 0.3) is 5.91 Å². The maximum atomic E-state index is 13.0. The van der Waals surface area contributed by atoms with Crippen LogP contribution in [-0.4, -0.2) is 24.2 Å². The van der Waals surface area contributed by atoms with Crippen molar-refractivity contribution in [1.29, 1.82) is 5.26 Å². The molecule has 0 saturated carbocycles. The predicted octanol–water partition coefficient (Wildman–Crippen LogP) is 6.10. The molecular formula is C30H24N6O. The number of benzene rings is 3. The van der Waals surface area contributed by atoms with Crippen molar-refractivity contribution >= 4 is 45.8 Å². The number of nitriles is 1. The third-order valence-corrected chi connectivity index (χ3v) is 5.66. The van der Waals surface area contributed by atoms with Crippen molar-refractivity contribution < 1.29 is 4.79 Å². The van der Waals surface area contributed by atoms with Crippen LogP contribution in [0.4, 0.5) is 22.7 Å². The molecule has 0 unspecified atom stereocenters. The fourth-order valence-electron chi connectivity index (χ4n) is 3.72. The van der Waals surface area contributed by atoms with Gasteiger partial charge in [0.2, 0.25) is 0 Å². The van der Waals surface area contributed by atoms with Gasteiger partial charge in [-0.3, -0.25) is 9.78 Å². The third-order valence-electron chi connectivity index (χ3n) is 5.66. The molecule has 0 aliphatic carbocycles. The van der Waals surface area contributed by atoms with E-state index in [1.54, 1.807) is 48.6 Å². The van der Waals surface area contributed by atoms with Gasteiger partial charge in [0, 0.05) is 64.9 Å². The van der Waals surface area contributed by atoms with Crippen molar-refractivity contribution in [2.75, 3.05) is 22.6 Å². The Kier molecular flexibility index (Phi) is 7.58. The summed E-state index contributed by atoms with van der Waals surface area (Å²) in [6.45, 7) is 1.90. The molecule has 0 bridgehead atoms. The lowest BCUT2D eigenvalue weighted by Gasteiger charge is -2.18. The van der Waals surface area contributed by atoms with E-state index in [-0.39, 0.29) is 5.91 Å². The number of allylic oxidation sites excluding steroid dienone is 2. The van der Waals surface area contributed by atoms with E-state index in [0.717, 1.165) is 39.3 Å². The number of anilines is 4. The van der Waals surface area contributed by atoms with Crippen LogP contribution in [0.1, 0.15) is 22.8 Å².